The molecule has 25 heavy (non-hydrogen) atoms. The van der Waals surface area contributed by atoms with E-state index in [9.17, 15) is 8.42 Å². The van der Waals surface area contributed by atoms with Crippen molar-refractivity contribution < 1.29 is 8.42 Å². The highest BCUT2D eigenvalue weighted by Gasteiger charge is 2.20. The first-order valence-corrected chi connectivity index (χ1v) is 9.60. The van der Waals surface area contributed by atoms with Crippen LogP contribution in [0.5, 0.6) is 0 Å². The van der Waals surface area contributed by atoms with Crippen molar-refractivity contribution in [1.82, 2.24) is 9.78 Å². The molecule has 1 N–H and O–H groups in total. The second kappa shape index (κ2) is 6.90. The van der Waals surface area contributed by atoms with Crippen LogP contribution in [-0.2, 0) is 16.6 Å². The minimum absolute atomic E-state index is 0.215. The van der Waals surface area contributed by atoms with E-state index < -0.39 is 10.0 Å². The lowest BCUT2D eigenvalue weighted by atomic mass is 10.2. The van der Waals surface area contributed by atoms with E-state index in [1.807, 2.05) is 31.2 Å². The van der Waals surface area contributed by atoms with Crippen LogP contribution in [0.4, 0.5) is 5.69 Å². The quantitative estimate of drug-likeness (QED) is 0.733. The van der Waals surface area contributed by atoms with Gasteiger partial charge in [0.25, 0.3) is 10.0 Å². The van der Waals surface area contributed by atoms with Crippen LogP contribution in [0.1, 0.15) is 17.0 Å². The van der Waals surface area contributed by atoms with Crippen molar-refractivity contribution in [2.24, 2.45) is 0 Å². The van der Waals surface area contributed by atoms with E-state index in [-0.39, 0.29) is 4.90 Å². The molecule has 0 aliphatic rings. The Bertz CT molecular complexity index is 998. The van der Waals surface area contributed by atoms with E-state index in [1.165, 1.54) is 0 Å². The molecular weight excluding hydrogens is 358 g/mol. The maximum atomic E-state index is 12.6. The van der Waals surface area contributed by atoms with Crippen LogP contribution in [-0.4, -0.2) is 18.2 Å². The first-order chi connectivity index (χ1) is 11.9. The van der Waals surface area contributed by atoms with Gasteiger partial charge in [-0.25, -0.2) is 8.42 Å². The largest absolute Gasteiger partial charge is 0.276 e. The first kappa shape index (κ1) is 17.5. The summed E-state index contributed by atoms with van der Waals surface area (Å²) in [7, 11) is -3.66. The van der Waals surface area contributed by atoms with Crippen LogP contribution in [0.15, 0.2) is 59.5 Å². The Morgan fingerprint density at radius 2 is 1.68 bits per heavy atom. The molecule has 5 nitrogen and oxygen atoms in total. The van der Waals surface area contributed by atoms with Gasteiger partial charge in [0.1, 0.15) is 0 Å². The Morgan fingerprint density at radius 1 is 1.04 bits per heavy atom. The second-order valence-corrected chi connectivity index (χ2v) is 7.80. The van der Waals surface area contributed by atoms with Crippen LogP contribution >= 0.6 is 11.6 Å². The van der Waals surface area contributed by atoms with Gasteiger partial charge < -0.3 is 0 Å². The van der Waals surface area contributed by atoms with Gasteiger partial charge in [0.2, 0.25) is 0 Å². The molecule has 1 aromatic heterocycles. The molecule has 0 saturated heterocycles. The second-order valence-electron chi connectivity index (χ2n) is 5.71. The molecule has 0 amide bonds. The summed E-state index contributed by atoms with van der Waals surface area (Å²) >= 11 is 6.21. The standard InChI is InChI=1S/C18H18ClN3O2S/c1-13-18(21-25(23,24)16-9-4-3-5-10-16)14(2)22(20-13)12-15-8-6-7-11-17(15)19/h3-11,21H,12H2,1-2H3. The minimum Gasteiger partial charge on any atom is -0.276 e. The predicted octanol–water partition coefficient (Wildman–Crippen LogP) is 4.00. The Balaban J connectivity index is 1.92. The van der Waals surface area contributed by atoms with Gasteiger partial charge in [0.05, 0.1) is 28.5 Å². The van der Waals surface area contributed by atoms with Crippen molar-refractivity contribution in [1.29, 1.82) is 0 Å². The fourth-order valence-electron chi connectivity index (χ4n) is 2.58. The number of nitrogens with one attached hydrogen (secondary N) is 1. The topological polar surface area (TPSA) is 64.0 Å². The van der Waals surface area contributed by atoms with Crippen molar-refractivity contribution in [2.75, 3.05) is 4.72 Å². The van der Waals surface area contributed by atoms with Crippen LogP contribution < -0.4 is 4.72 Å². The Morgan fingerprint density at radius 3 is 2.36 bits per heavy atom. The van der Waals surface area contributed by atoms with E-state index in [1.54, 1.807) is 41.9 Å². The van der Waals surface area contributed by atoms with E-state index in [2.05, 4.69) is 9.82 Å². The smallest absolute Gasteiger partial charge is 0.262 e. The molecule has 130 valence electrons. The molecule has 0 radical (unpaired) electrons. The molecule has 0 unspecified atom stereocenters. The van der Waals surface area contributed by atoms with Crippen molar-refractivity contribution >= 4 is 27.3 Å². The summed E-state index contributed by atoms with van der Waals surface area (Å²) in [4.78, 5) is 0.215. The fourth-order valence-corrected chi connectivity index (χ4v) is 3.97. The Kier molecular flexibility index (Phi) is 4.83. The minimum atomic E-state index is -3.66. The average molecular weight is 376 g/mol. The van der Waals surface area contributed by atoms with E-state index >= 15 is 0 Å². The SMILES string of the molecule is Cc1nn(Cc2ccccc2Cl)c(C)c1NS(=O)(=O)c1ccccc1. The van der Waals surface area contributed by atoms with Crippen molar-refractivity contribution in [3.05, 3.63) is 76.6 Å². The van der Waals surface area contributed by atoms with E-state index in [0.717, 1.165) is 11.3 Å². The van der Waals surface area contributed by atoms with E-state index in [0.29, 0.717) is 22.9 Å². The molecule has 1 heterocycles. The highest BCUT2D eigenvalue weighted by Crippen LogP contribution is 2.25. The maximum absolute atomic E-state index is 12.6. The molecule has 2 aromatic carbocycles. The number of aromatic nitrogens is 2. The number of halogens is 1. The lowest BCUT2D eigenvalue weighted by Crippen LogP contribution is -2.14. The molecule has 0 saturated carbocycles. The van der Waals surface area contributed by atoms with Gasteiger partial charge in [-0.15, -0.1) is 0 Å². The third-order valence-corrected chi connectivity index (χ3v) is 5.68. The number of hydrogen-bond acceptors (Lipinski definition) is 3. The number of aryl methyl sites for hydroxylation is 1. The van der Waals surface area contributed by atoms with Gasteiger partial charge in [-0.2, -0.15) is 5.10 Å². The van der Waals surface area contributed by atoms with Crippen molar-refractivity contribution in [3.8, 4) is 0 Å². The third-order valence-electron chi connectivity index (χ3n) is 3.95. The fraction of sp³-hybridized carbons (Fsp3) is 0.167. The average Bonchev–Trinajstić information content (AvgIpc) is 2.85. The van der Waals surface area contributed by atoms with Gasteiger partial charge in [0.15, 0.2) is 0 Å². The highest BCUT2D eigenvalue weighted by molar-refractivity contribution is 7.92. The number of sulfonamides is 1. The third kappa shape index (κ3) is 3.70. The molecule has 0 aliphatic heterocycles. The maximum Gasteiger partial charge on any atom is 0.262 e. The number of anilines is 1. The zero-order chi connectivity index (χ0) is 18.0. The zero-order valence-corrected chi connectivity index (χ0v) is 15.5. The summed E-state index contributed by atoms with van der Waals surface area (Å²) in [5.41, 5.74) is 2.77. The molecule has 3 aromatic rings. The molecule has 0 aliphatic carbocycles. The Labute approximate surface area is 152 Å². The van der Waals surface area contributed by atoms with Gasteiger partial charge in [-0.1, -0.05) is 48.0 Å². The van der Waals surface area contributed by atoms with Crippen LogP contribution in [0.25, 0.3) is 0 Å². The normalized spacial score (nSPS) is 11.5. The highest BCUT2D eigenvalue weighted by atomic mass is 35.5. The number of rotatable bonds is 5. The summed E-state index contributed by atoms with van der Waals surface area (Å²) in [6.07, 6.45) is 0. The molecule has 0 bridgehead atoms. The van der Waals surface area contributed by atoms with Crippen LogP contribution in [0.3, 0.4) is 0 Å². The van der Waals surface area contributed by atoms with Crippen LogP contribution in [0, 0.1) is 13.8 Å². The summed E-state index contributed by atoms with van der Waals surface area (Å²) in [6.45, 7) is 4.08. The molecule has 0 spiro atoms. The summed E-state index contributed by atoms with van der Waals surface area (Å²) in [6, 6.07) is 15.8. The molecular formula is C18H18ClN3O2S. The monoisotopic (exact) mass is 375 g/mol. The van der Waals surface area contributed by atoms with Crippen molar-refractivity contribution in [2.45, 2.75) is 25.3 Å². The van der Waals surface area contributed by atoms with Gasteiger partial charge >= 0.3 is 0 Å². The number of nitrogens with zero attached hydrogens (tertiary/aromatic N) is 2. The lowest BCUT2D eigenvalue weighted by Gasteiger charge is -2.09. The van der Waals surface area contributed by atoms with E-state index in [4.69, 9.17) is 11.6 Å². The van der Waals surface area contributed by atoms with Gasteiger partial charge in [-0.3, -0.25) is 9.40 Å². The molecule has 0 atom stereocenters. The molecule has 0 fully saturated rings. The molecule has 7 heteroatoms. The van der Waals surface area contributed by atoms with Gasteiger partial charge in [-0.05, 0) is 37.6 Å². The van der Waals surface area contributed by atoms with Crippen LogP contribution in [0.2, 0.25) is 5.02 Å². The summed E-state index contributed by atoms with van der Waals surface area (Å²) < 4.78 is 29.5. The van der Waals surface area contributed by atoms with Crippen molar-refractivity contribution in [3.63, 3.8) is 0 Å². The summed E-state index contributed by atoms with van der Waals surface area (Å²) in [5.74, 6) is 0. The number of benzene rings is 2. The van der Waals surface area contributed by atoms with Gasteiger partial charge in [0, 0.05) is 5.02 Å². The molecule has 3 rings (SSSR count). The lowest BCUT2D eigenvalue weighted by molar-refractivity contribution is 0.601. The zero-order valence-electron chi connectivity index (χ0n) is 13.9. The first-order valence-electron chi connectivity index (χ1n) is 7.74. The predicted molar refractivity (Wildman–Crippen MR) is 99.5 cm³/mol. The summed E-state index contributed by atoms with van der Waals surface area (Å²) in [5, 5.41) is 5.11. The Hall–Kier alpha value is -2.31. The number of hydrogen-bond donors (Lipinski definition) is 1.